The first-order valence-electron chi connectivity index (χ1n) is 9.60. The molecule has 0 atom stereocenters. The second-order valence-corrected chi connectivity index (χ2v) is 8.56. The Morgan fingerprint density at radius 2 is 1.47 bits per heavy atom. The van der Waals surface area contributed by atoms with Gasteiger partial charge in [0.1, 0.15) is 16.4 Å². The third-order valence-corrected chi connectivity index (χ3v) is 5.93. The molecule has 0 saturated heterocycles. The van der Waals surface area contributed by atoms with E-state index in [9.17, 15) is 8.42 Å². The summed E-state index contributed by atoms with van der Waals surface area (Å²) in [6.45, 7) is 1.78. The zero-order valence-corrected chi connectivity index (χ0v) is 18.5. The maximum atomic E-state index is 13.0. The smallest absolute Gasteiger partial charge is 0.264 e. The zero-order valence-electron chi connectivity index (χ0n) is 17.7. The van der Waals surface area contributed by atoms with Crippen molar-refractivity contribution < 1.29 is 17.9 Å². The summed E-state index contributed by atoms with van der Waals surface area (Å²) in [5.41, 5.74) is 2.44. The number of methoxy groups -OCH3 is 2. The van der Waals surface area contributed by atoms with E-state index in [4.69, 9.17) is 9.47 Å². The van der Waals surface area contributed by atoms with Gasteiger partial charge in [-0.1, -0.05) is 12.1 Å². The molecule has 4 rings (SSSR count). The van der Waals surface area contributed by atoms with Crippen molar-refractivity contribution in [2.45, 2.75) is 11.8 Å². The molecule has 2 aromatic heterocycles. The number of benzene rings is 2. The second-order valence-electron chi connectivity index (χ2n) is 6.88. The van der Waals surface area contributed by atoms with Crippen LogP contribution in [0, 0.1) is 6.92 Å². The monoisotopic (exact) mass is 451 g/mol. The summed E-state index contributed by atoms with van der Waals surface area (Å²) in [7, 11) is -0.853. The summed E-state index contributed by atoms with van der Waals surface area (Å²) in [4.78, 5) is 13.1. The Morgan fingerprint density at radius 1 is 0.844 bits per heavy atom. The molecule has 0 amide bonds. The lowest BCUT2D eigenvalue weighted by Gasteiger charge is -2.15. The number of aromatic nitrogens is 3. The molecule has 10 heteroatoms. The minimum atomic E-state index is -3.94. The number of hydrogen-bond acceptors (Lipinski definition) is 8. The highest BCUT2D eigenvalue weighted by Crippen LogP contribution is 2.31. The lowest BCUT2D eigenvalue weighted by atomic mass is 10.2. The molecule has 2 heterocycles. The largest absolute Gasteiger partial charge is 0.497 e. The first-order valence-corrected chi connectivity index (χ1v) is 11.1. The zero-order chi connectivity index (χ0) is 22.7. The highest BCUT2D eigenvalue weighted by molar-refractivity contribution is 7.92. The molecule has 0 saturated carbocycles. The number of nitrogens with one attached hydrogen (secondary N) is 2. The number of aryl methyl sites for hydroxylation is 1. The predicted molar refractivity (Wildman–Crippen MR) is 122 cm³/mol. The van der Waals surface area contributed by atoms with Gasteiger partial charge < -0.3 is 14.8 Å². The molecule has 0 spiro atoms. The molecule has 9 nitrogen and oxygen atoms in total. The van der Waals surface area contributed by atoms with Crippen LogP contribution in [0.5, 0.6) is 11.5 Å². The molecule has 4 aromatic rings. The van der Waals surface area contributed by atoms with Gasteiger partial charge in [0.2, 0.25) is 0 Å². The van der Waals surface area contributed by atoms with Gasteiger partial charge in [-0.3, -0.25) is 9.71 Å². The third-order valence-electron chi connectivity index (χ3n) is 4.61. The summed E-state index contributed by atoms with van der Waals surface area (Å²) in [5, 5.41) is 3.12. The van der Waals surface area contributed by atoms with Gasteiger partial charge in [-0.05, 0) is 31.2 Å². The van der Waals surface area contributed by atoms with E-state index in [1.54, 1.807) is 63.6 Å². The number of para-hydroxylation sites is 2. The van der Waals surface area contributed by atoms with E-state index in [0.717, 1.165) is 0 Å². The van der Waals surface area contributed by atoms with Crippen LogP contribution < -0.4 is 19.5 Å². The van der Waals surface area contributed by atoms with Crippen molar-refractivity contribution >= 4 is 38.4 Å². The fraction of sp³-hybridized carbons (Fsp3) is 0.136. The third kappa shape index (κ3) is 4.54. The van der Waals surface area contributed by atoms with Crippen LogP contribution in [0.2, 0.25) is 0 Å². The van der Waals surface area contributed by atoms with Gasteiger partial charge >= 0.3 is 0 Å². The van der Waals surface area contributed by atoms with Crippen molar-refractivity contribution in [1.29, 1.82) is 0 Å². The molecule has 2 N–H and O–H groups in total. The number of fused-ring (bicyclic) bond motifs is 1. The van der Waals surface area contributed by atoms with E-state index < -0.39 is 10.0 Å². The number of hydrogen-bond donors (Lipinski definition) is 2. The van der Waals surface area contributed by atoms with Gasteiger partial charge in [-0.25, -0.2) is 18.4 Å². The molecule has 0 aliphatic heterocycles. The predicted octanol–water partition coefficient (Wildman–Crippen LogP) is 3.89. The van der Waals surface area contributed by atoms with Crippen molar-refractivity contribution in [2.75, 3.05) is 24.3 Å². The average Bonchev–Trinajstić information content (AvgIpc) is 2.79. The number of ether oxygens (including phenoxy) is 2. The Labute approximate surface area is 185 Å². The van der Waals surface area contributed by atoms with E-state index in [1.165, 1.54) is 12.3 Å². The molecule has 164 valence electrons. The quantitative estimate of drug-likeness (QED) is 0.435. The lowest BCUT2D eigenvalue weighted by Crippen LogP contribution is -2.16. The van der Waals surface area contributed by atoms with Gasteiger partial charge in [0.05, 0.1) is 25.3 Å². The second kappa shape index (κ2) is 8.67. The van der Waals surface area contributed by atoms with Gasteiger partial charge in [0, 0.05) is 35.8 Å². The van der Waals surface area contributed by atoms with Crippen LogP contribution >= 0.6 is 0 Å². The Balaban J connectivity index is 1.78. The van der Waals surface area contributed by atoms with Crippen LogP contribution in [0.3, 0.4) is 0 Å². The first kappa shape index (κ1) is 21.3. The minimum Gasteiger partial charge on any atom is -0.497 e. The minimum absolute atomic E-state index is 0.0204. The standard InChI is InChI=1S/C22H21N5O4S/c1-14-8-9-18(13-23-14)32(28,29)27-22-21(25-19-6-4-5-7-20(19)26-22)24-15-10-16(30-2)12-17(11-15)31-3/h4-13H,1-3H3,(H,24,25)(H,26,27). The summed E-state index contributed by atoms with van der Waals surface area (Å²) < 4.78 is 39.1. The Bertz CT molecular complexity index is 1350. The normalized spacial score (nSPS) is 11.2. The highest BCUT2D eigenvalue weighted by atomic mass is 32.2. The van der Waals surface area contributed by atoms with Crippen LogP contribution in [0.25, 0.3) is 11.0 Å². The highest BCUT2D eigenvalue weighted by Gasteiger charge is 2.19. The molecule has 0 unspecified atom stereocenters. The first-order chi connectivity index (χ1) is 15.4. The van der Waals surface area contributed by atoms with Crippen LogP contribution in [0.1, 0.15) is 5.69 Å². The van der Waals surface area contributed by atoms with E-state index in [2.05, 4.69) is 25.0 Å². The van der Waals surface area contributed by atoms with Crippen molar-refractivity contribution in [1.82, 2.24) is 15.0 Å². The molecule has 0 fully saturated rings. The molecule has 0 aliphatic rings. The van der Waals surface area contributed by atoms with Crippen LogP contribution in [-0.4, -0.2) is 37.6 Å². The van der Waals surface area contributed by atoms with Crippen LogP contribution in [0.4, 0.5) is 17.3 Å². The fourth-order valence-electron chi connectivity index (χ4n) is 2.97. The van der Waals surface area contributed by atoms with Gasteiger partial charge in [-0.15, -0.1) is 0 Å². The molecular weight excluding hydrogens is 430 g/mol. The molecule has 0 bridgehead atoms. The van der Waals surface area contributed by atoms with Gasteiger partial charge in [0.25, 0.3) is 10.0 Å². The van der Waals surface area contributed by atoms with Crippen molar-refractivity contribution in [3.05, 3.63) is 66.5 Å². The number of pyridine rings is 1. The topological polar surface area (TPSA) is 115 Å². The van der Waals surface area contributed by atoms with Gasteiger partial charge in [-0.2, -0.15) is 0 Å². The Kier molecular flexibility index (Phi) is 5.78. The maximum Gasteiger partial charge on any atom is 0.264 e. The summed E-state index contributed by atoms with van der Waals surface area (Å²) in [6.07, 6.45) is 1.30. The Hall–Kier alpha value is -3.92. The molecule has 0 aliphatic carbocycles. The van der Waals surface area contributed by atoms with E-state index in [0.29, 0.717) is 33.9 Å². The van der Waals surface area contributed by atoms with E-state index in [1.807, 2.05) is 6.07 Å². The summed E-state index contributed by atoms with van der Waals surface area (Å²) in [5.74, 6) is 1.40. The van der Waals surface area contributed by atoms with E-state index in [-0.39, 0.29) is 16.5 Å². The number of nitrogens with zero attached hydrogens (tertiary/aromatic N) is 3. The summed E-state index contributed by atoms with van der Waals surface area (Å²) in [6, 6.07) is 15.5. The Morgan fingerprint density at radius 3 is 2.03 bits per heavy atom. The maximum absolute atomic E-state index is 13.0. The average molecular weight is 452 g/mol. The summed E-state index contributed by atoms with van der Waals surface area (Å²) >= 11 is 0. The van der Waals surface area contributed by atoms with Crippen molar-refractivity contribution in [3.8, 4) is 11.5 Å². The molecule has 2 aromatic carbocycles. The number of anilines is 3. The number of sulfonamides is 1. The number of rotatable bonds is 7. The fourth-order valence-corrected chi connectivity index (χ4v) is 3.93. The van der Waals surface area contributed by atoms with Crippen molar-refractivity contribution in [3.63, 3.8) is 0 Å². The molecule has 0 radical (unpaired) electrons. The SMILES string of the molecule is COc1cc(Nc2nc3ccccc3nc2NS(=O)(=O)c2ccc(C)nc2)cc(OC)c1. The van der Waals surface area contributed by atoms with Gasteiger partial charge in [0.15, 0.2) is 11.6 Å². The molecule has 32 heavy (non-hydrogen) atoms. The van der Waals surface area contributed by atoms with E-state index >= 15 is 0 Å². The lowest BCUT2D eigenvalue weighted by molar-refractivity contribution is 0.395. The van der Waals surface area contributed by atoms with Crippen molar-refractivity contribution in [2.24, 2.45) is 0 Å². The molecular formula is C22H21N5O4S. The van der Waals surface area contributed by atoms with Crippen LogP contribution in [-0.2, 0) is 10.0 Å². The van der Waals surface area contributed by atoms with Crippen LogP contribution in [0.15, 0.2) is 65.7 Å².